The van der Waals surface area contributed by atoms with Crippen molar-refractivity contribution in [1.29, 1.82) is 0 Å². The fourth-order valence-electron chi connectivity index (χ4n) is 1.69. The van der Waals surface area contributed by atoms with E-state index >= 15 is 0 Å². The number of nitro groups is 1. The van der Waals surface area contributed by atoms with Crippen LogP contribution in [-0.2, 0) is 4.79 Å². The summed E-state index contributed by atoms with van der Waals surface area (Å²) in [5, 5.41) is 23.2. The van der Waals surface area contributed by atoms with Crippen molar-refractivity contribution >= 4 is 17.7 Å². The summed E-state index contributed by atoms with van der Waals surface area (Å²) in [6, 6.07) is 5.89. The van der Waals surface area contributed by atoms with Crippen molar-refractivity contribution in [3.8, 4) is 0 Å². The van der Waals surface area contributed by atoms with Crippen LogP contribution in [0.2, 0.25) is 0 Å². The Bertz CT molecular complexity index is 519. The molecule has 0 heterocycles. The van der Waals surface area contributed by atoms with Gasteiger partial charge in [-0.2, -0.15) is 0 Å². The Hall–Kier alpha value is -2.21. The minimum Gasteiger partial charge on any atom is -0.388 e. The maximum absolute atomic E-state index is 11.7. The summed E-state index contributed by atoms with van der Waals surface area (Å²) in [5.74, 6) is -0.311. The molecule has 21 heavy (non-hydrogen) atoms. The molecule has 0 aliphatic carbocycles. The predicted octanol–water partition coefficient (Wildman–Crippen LogP) is 2.28. The Balaban J connectivity index is 2.56. The fourth-order valence-corrected chi connectivity index (χ4v) is 1.69. The van der Waals surface area contributed by atoms with Crippen molar-refractivity contribution in [3.63, 3.8) is 0 Å². The summed E-state index contributed by atoms with van der Waals surface area (Å²) in [6.45, 7) is 3.92. The minimum atomic E-state index is -0.878. The molecular weight excluding hydrogens is 272 g/mol. The monoisotopic (exact) mass is 292 g/mol. The Kier molecular flexibility index (Phi) is 6.05. The van der Waals surface area contributed by atoms with Crippen molar-refractivity contribution in [2.24, 2.45) is 0 Å². The molecule has 0 saturated heterocycles. The summed E-state index contributed by atoms with van der Waals surface area (Å²) in [6.07, 6.45) is 4.04. The van der Waals surface area contributed by atoms with Crippen LogP contribution < -0.4 is 5.32 Å². The average molecular weight is 292 g/mol. The molecule has 0 fully saturated rings. The van der Waals surface area contributed by atoms with E-state index in [1.807, 2.05) is 13.8 Å². The second-order valence-corrected chi connectivity index (χ2v) is 4.83. The molecule has 0 aliphatic heterocycles. The van der Waals surface area contributed by atoms with Crippen molar-refractivity contribution in [2.75, 3.05) is 6.54 Å². The van der Waals surface area contributed by atoms with Crippen molar-refractivity contribution in [1.82, 2.24) is 5.32 Å². The first-order chi connectivity index (χ1) is 9.90. The van der Waals surface area contributed by atoms with Gasteiger partial charge in [0.1, 0.15) is 0 Å². The number of carbonyl (C=O) groups excluding carboxylic acids is 1. The molecule has 0 bridgehead atoms. The molecule has 0 radical (unpaired) electrons. The third-order valence-corrected chi connectivity index (χ3v) is 3.44. The minimum absolute atomic E-state index is 0.00700. The molecule has 0 unspecified atom stereocenters. The number of non-ortho nitro benzene ring substituents is 1. The summed E-state index contributed by atoms with van der Waals surface area (Å²) in [4.78, 5) is 21.7. The zero-order valence-electron chi connectivity index (χ0n) is 12.2. The second-order valence-electron chi connectivity index (χ2n) is 4.83. The molecule has 1 aromatic carbocycles. The number of aliphatic hydroxyl groups is 1. The smallest absolute Gasteiger partial charge is 0.269 e. The Labute approximate surface area is 123 Å². The molecule has 114 valence electrons. The third kappa shape index (κ3) is 5.35. The summed E-state index contributed by atoms with van der Waals surface area (Å²) in [7, 11) is 0. The van der Waals surface area contributed by atoms with E-state index in [1.54, 1.807) is 18.2 Å². The van der Waals surface area contributed by atoms with Crippen LogP contribution in [0.5, 0.6) is 0 Å². The highest BCUT2D eigenvalue weighted by molar-refractivity contribution is 5.91. The van der Waals surface area contributed by atoms with Gasteiger partial charge in [-0.1, -0.05) is 13.8 Å². The molecule has 1 rings (SSSR count). The third-order valence-electron chi connectivity index (χ3n) is 3.44. The number of nitrogens with one attached hydrogen (secondary N) is 1. The number of amides is 1. The van der Waals surface area contributed by atoms with Crippen molar-refractivity contribution < 1.29 is 14.8 Å². The van der Waals surface area contributed by atoms with Crippen LogP contribution in [-0.4, -0.2) is 28.1 Å². The van der Waals surface area contributed by atoms with Gasteiger partial charge in [0, 0.05) is 24.8 Å². The number of rotatable bonds is 7. The molecule has 1 aromatic rings. The van der Waals surface area contributed by atoms with E-state index in [-0.39, 0.29) is 18.1 Å². The van der Waals surface area contributed by atoms with E-state index in [9.17, 15) is 20.0 Å². The lowest BCUT2D eigenvalue weighted by molar-refractivity contribution is -0.384. The highest BCUT2D eigenvalue weighted by Crippen LogP contribution is 2.14. The Morgan fingerprint density at radius 1 is 1.33 bits per heavy atom. The van der Waals surface area contributed by atoms with E-state index in [4.69, 9.17) is 0 Å². The molecule has 0 aliphatic rings. The van der Waals surface area contributed by atoms with E-state index < -0.39 is 10.5 Å². The first-order valence-corrected chi connectivity index (χ1v) is 6.83. The average Bonchev–Trinajstić information content (AvgIpc) is 2.51. The number of benzene rings is 1. The molecule has 0 atom stereocenters. The number of nitro benzene ring substituents is 1. The van der Waals surface area contributed by atoms with Gasteiger partial charge >= 0.3 is 0 Å². The molecule has 6 nitrogen and oxygen atoms in total. The van der Waals surface area contributed by atoms with Gasteiger partial charge in [0.15, 0.2) is 0 Å². The molecule has 0 aromatic heterocycles. The molecule has 6 heteroatoms. The standard InChI is InChI=1S/C15H20N2O4/c1-3-15(19,4-2)11-16-14(18)10-7-12-5-8-13(9-6-12)17(20)21/h5-10,19H,3-4,11H2,1-2H3,(H,16,18). The maximum Gasteiger partial charge on any atom is 0.269 e. The van der Waals surface area contributed by atoms with Gasteiger partial charge in [0.2, 0.25) is 5.91 Å². The van der Waals surface area contributed by atoms with Gasteiger partial charge in [-0.3, -0.25) is 14.9 Å². The van der Waals surface area contributed by atoms with Gasteiger partial charge in [-0.25, -0.2) is 0 Å². The van der Waals surface area contributed by atoms with Crippen LogP contribution in [0.15, 0.2) is 30.3 Å². The normalized spacial score (nSPS) is 11.6. The van der Waals surface area contributed by atoms with E-state index in [2.05, 4.69) is 5.32 Å². The Morgan fingerprint density at radius 2 is 1.90 bits per heavy atom. The van der Waals surface area contributed by atoms with Crippen LogP contribution in [0.25, 0.3) is 6.08 Å². The van der Waals surface area contributed by atoms with Gasteiger partial charge in [-0.05, 0) is 36.6 Å². The van der Waals surface area contributed by atoms with Crippen LogP contribution in [0.3, 0.4) is 0 Å². The van der Waals surface area contributed by atoms with Crippen LogP contribution in [0.1, 0.15) is 32.3 Å². The molecule has 2 N–H and O–H groups in total. The fraction of sp³-hybridized carbons (Fsp3) is 0.400. The Morgan fingerprint density at radius 3 is 2.38 bits per heavy atom. The SMILES string of the molecule is CCC(O)(CC)CNC(=O)C=Cc1ccc([N+](=O)[O-])cc1. The van der Waals surface area contributed by atoms with Gasteiger partial charge in [0.05, 0.1) is 10.5 Å². The maximum atomic E-state index is 11.7. The largest absolute Gasteiger partial charge is 0.388 e. The lowest BCUT2D eigenvalue weighted by atomic mass is 9.98. The van der Waals surface area contributed by atoms with Crippen molar-refractivity contribution in [2.45, 2.75) is 32.3 Å². The van der Waals surface area contributed by atoms with Crippen LogP contribution in [0, 0.1) is 10.1 Å². The van der Waals surface area contributed by atoms with Gasteiger partial charge in [0.25, 0.3) is 5.69 Å². The number of hydrogen-bond acceptors (Lipinski definition) is 4. The van der Waals surface area contributed by atoms with E-state index in [1.165, 1.54) is 18.2 Å². The first kappa shape index (κ1) is 16.8. The zero-order valence-corrected chi connectivity index (χ0v) is 12.2. The quantitative estimate of drug-likeness (QED) is 0.458. The molecule has 1 amide bonds. The summed E-state index contributed by atoms with van der Waals surface area (Å²) < 4.78 is 0. The predicted molar refractivity (Wildman–Crippen MR) is 80.7 cm³/mol. The number of hydrogen-bond donors (Lipinski definition) is 2. The van der Waals surface area contributed by atoms with Crippen LogP contribution >= 0.6 is 0 Å². The van der Waals surface area contributed by atoms with Crippen molar-refractivity contribution in [3.05, 3.63) is 46.0 Å². The van der Waals surface area contributed by atoms with Gasteiger partial charge in [-0.15, -0.1) is 0 Å². The molecular formula is C15H20N2O4. The highest BCUT2D eigenvalue weighted by atomic mass is 16.6. The number of nitrogens with zero attached hydrogens (tertiary/aromatic N) is 1. The molecule has 0 saturated carbocycles. The lowest BCUT2D eigenvalue weighted by Crippen LogP contribution is -2.41. The first-order valence-electron chi connectivity index (χ1n) is 6.83. The van der Waals surface area contributed by atoms with Gasteiger partial charge < -0.3 is 10.4 Å². The second kappa shape index (κ2) is 7.54. The van der Waals surface area contributed by atoms with E-state index in [0.29, 0.717) is 18.4 Å². The van der Waals surface area contributed by atoms with E-state index in [0.717, 1.165) is 0 Å². The zero-order chi connectivity index (χ0) is 15.9. The summed E-state index contributed by atoms with van der Waals surface area (Å²) >= 11 is 0. The lowest BCUT2D eigenvalue weighted by Gasteiger charge is -2.24. The molecule has 0 spiro atoms. The summed E-state index contributed by atoms with van der Waals surface area (Å²) in [5.41, 5.74) is -0.179. The highest BCUT2D eigenvalue weighted by Gasteiger charge is 2.22. The topological polar surface area (TPSA) is 92.5 Å². The van der Waals surface area contributed by atoms with Crippen LogP contribution in [0.4, 0.5) is 5.69 Å². The number of carbonyl (C=O) groups is 1.